The molecule has 2 amide bonds. The third kappa shape index (κ3) is 5.11. The number of carbonyl (C=O) groups is 2. The first-order valence-electron chi connectivity index (χ1n) is 12.1. The molecule has 10 heteroatoms. The van der Waals surface area contributed by atoms with Crippen molar-refractivity contribution in [2.45, 2.75) is 12.2 Å². The van der Waals surface area contributed by atoms with Gasteiger partial charge in [0.25, 0.3) is 0 Å². The fourth-order valence-corrected chi connectivity index (χ4v) is 6.45. The van der Waals surface area contributed by atoms with Crippen molar-refractivity contribution in [1.29, 1.82) is 0 Å². The summed E-state index contributed by atoms with van der Waals surface area (Å²) in [6.45, 7) is 2.47. The Morgan fingerprint density at radius 3 is 2.68 bits per heavy atom. The number of methoxy groups -OCH3 is 1. The van der Waals surface area contributed by atoms with Gasteiger partial charge < -0.3 is 10.1 Å². The molecule has 3 heterocycles. The fourth-order valence-electron chi connectivity index (χ4n) is 4.51. The van der Waals surface area contributed by atoms with E-state index in [0.717, 1.165) is 16.1 Å². The summed E-state index contributed by atoms with van der Waals surface area (Å²) in [5.41, 5.74) is 3.58. The Morgan fingerprint density at radius 2 is 1.95 bits per heavy atom. The van der Waals surface area contributed by atoms with Gasteiger partial charge in [0, 0.05) is 24.8 Å². The van der Waals surface area contributed by atoms with Crippen LogP contribution in [-0.4, -0.2) is 54.2 Å². The molecule has 0 unspecified atom stereocenters. The lowest BCUT2D eigenvalue weighted by Crippen LogP contribution is -2.43. The molecule has 1 aliphatic rings. The van der Waals surface area contributed by atoms with Crippen LogP contribution in [0.4, 0.5) is 10.2 Å². The lowest BCUT2D eigenvalue weighted by Gasteiger charge is -2.23. The molecule has 4 aromatic rings. The van der Waals surface area contributed by atoms with E-state index in [2.05, 4.69) is 5.32 Å². The minimum absolute atomic E-state index is 0.0800. The molecule has 38 heavy (non-hydrogen) atoms. The van der Waals surface area contributed by atoms with Gasteiger partial charge in [-0.15, -0.1) is 23.1 Å². The van der Waals surface area contributed by atoms with Gasteiger partial charge in [-0.25, -0.2) is 9.07 Å². The van der Waals surface area contributed by atoms with E-state index in [1.807, 2.05) is 48.7 Å². The Bertz CT molecular complexity index is 1450. The van der Waals surface area contributed by atoms with E-state index in [1.165, 1.54) is 34.1 Å². The lowest BCUT2D eigenvalue weighted by atomic mass is 10.0. The van der Waals surface area contributed by atoms with Gasteiger partial charge >= 0.3 is 0 Å². The van der Waals surface area contributed by atoms with Crippen molar-refractivity contribution in [1.82, 2.24) is 15.1 Å². The summed E-state index contributed by atoms with van der Waals surface area (Å²) in [5, 5.41) is 9.29. The van der Waals surface area contributed by atoms with Gasteiger partial charge in [0.05, 0.1) is 28.2 Å². The molecular formula is C28H27FN4O3S2. The number of ether oxygens (including phenoxy) is 1. The number of fused-ring (bicyclic) bond motifs is 1. The standard InChI is InChI=1S/C28H27FN4O3S2/c1-18-8-3-6-11-21(18)33-28-25(26(31-33)22-12-7-15-37-22)27(19-9-4-5-10-20(19)29)38-17-24(35)32(28)16-23(34)30-13-14-36-2/h3-12,15,27H,13-14,16-17H2,1-2H3,(H,30,34)/t27-/m0/s1. The zero-order chi connectivity index (χ0) is 26.6. The molecule has 2 aromatic heterocycles. The number of benzene rings is 2. The van der Waals surface area contributed by atoms with Crippen LogP contribution in [0.25, 0.3) is 16.3 Å². The number of aromatic nitrogens is 2. The monoisotopic (exact) mass is 550 g/mol. The number of nitrogens with one attached hydrogen (secondary N) is 1. The Labute approximate surface area is 228 Å². The van der Waals surface area contributed by atoms with Crippen LogP contribution < -0.4 is 10.2 Å². The molecule has 0 saturated heterocycles. The molecule has 1 aliphatic heterocycles. The van der Waals surface area contributed by atoms with Gasteiger partial charge in [-0.2, -0.15) is 5.10 Å². The van der Waals surface area contributed by atoms with Crippen molar-refractivity contribution < 1.29 is 18.7 Å². The molecule has 0 radical (unpaired) electrons. The van der Waals surface area contributed by atoms with Crippen LogP contribution in [-0.2, 0) is 14.3 Å². The highest BCUT2D eigenvalue weighted by molar-refractivity contribution is 8.00. The van der Waals surface area contributed by atoms with E-state index in [1.54, 1.807) is 30.0 Å². The van der Waals surface area contributed by atoms with E-state index in [9.17, 15) is 9.59 Å². The van der Waals surface area contributed by atoms with E-state index >= 15 is 4.39 Å². The molecule has 1 atom stereocenters. The summed E-state index contributed by atoms with van der Waals surface area (Å²) in [5.74, 6) is -0.352. The summed E-state index contributed by atoms with van der Waals surface area (Å²) in [4.78, 5) is 29.0. The van der Waals surface area contributed by atoms with Crippen molar-refractivity contribution in [2.24, 2.45) is 0 Å². The van der Waals surface area contributed by atoms with Gasteiger partial charge in [0.1, 0.15) is 23.9 Å². The van der Waals surface area contributed by atoms with Crippen LogP contribution in [0.15, 0.2) is 66.0 Å². The first kappa shape index (κ1) is 26.1. The highest BCUT2D eigenvalue weighted by Crippen LogP contribution is 2.49. The molecule has 2 aromatic carbocycles. The molecule has 0 fully saturated rings. The molecule has 0 bridgehead atoms. The number of rotatable bonds is 8. The zero-order valence-electron chi connectivity index (χ0n) is 21.0. The second-order valence-electron chi connectivity index (χ2n) is 8.80. The topological polar surface area (TPSA) is 76.5 Å². The molecule has 0 aliphatic carbocycles. The van der Waals surface area contributed by atoms with Crippen molar-refractivity contribution in [3.05, 3.63) is 88.6 Å². The summed E-state index contributed by atoms with van der Waals surface area (Å²) < 4.78 is 22.0. The van der Waals surface area contributed by atoms with Gasteiger partial charge in [-0.1, -0.05) is 42.5 Å². The molecular weight excluding hydrogens is 523 g/mol. The van der Waals surface area contributed by atoms with Gasteiger partial charge in [0.2, 0.25) is 11.8 Å². The number of halogens is 1. The zero-order valence-corrected chi connectivity index (χ0v) is 22.7. The van der Waals surface area contributed by atoms with E-state index < -0.39 is 5.25 Å². The third-order valence-electron chi connectivity index (χ3n) is 6.31. The van der Waals surface area contributed by atoms with Gasteiger partial charge in [-0.05, 0) is 36.1 Å². The lowest BCUT2D eigenvalue weighted by molar-refractivity contribution is -0.123. The summed E-state index contributed by atoms with van der Waals surface area (Å²) in [6.07, 6.45) is 0. The highest BCUT2D eigenvalue weighted by atomic mass is 32.2. The van der Waals surface area contributed by atoms with Crippen molar-refractivity contribution in [3.63, 3.8) is 0 Å². The number of thiophene rings is 1. The number of hydrogen-bond acceptors (Lipinski definition) is 6. The Kier molecular flexibility index (Phi) is 7.92. The number of thioether (sulfide) groups is 1. The Morgan fingerprint density at radius 1 is 1.16 bits per heavy atom. The summed E-state index contributed by atoms with van der Waals surface area (Å²) >= 11 is 2.87. The maximum absolute atomic E-state index is 15.2. The normalized spacial score (nSPS) is 15.3. The Balaban J connectivity index is 1.76. The van der Waals surface area contributed by atoms with Crippen LogP contribution in [0.5, 0.6) is 0 Å². The van der Waals surface area contributed by atoms with Crippen molar-refractivity contribution >= 4 is 40.7 Å². The number of amides is 2. The average Bonchev–Trinajstić information content (AvgIpc) is 3.55. The quantitative estimate of drug-likeness (QED) is 0.313. The molecule has 7 nitrogen and oxygen atoms in total. The average molecular weight is 551 g/mol. The highest BCUT2D eigenvalue weighted by Gasteiger charge is 2.38. The van der Waals surface area contributed by atoms with Crippen LogP contribution in [0.2, 0.25) is 0 Å². The minimum Gasteiger partial charge on any atom is -0.383 e. The van der Waals surface area contributed by atoms with Crippen molar-refractivity contribution in [2.75, 3.05) is 37.5 Å². The number of anilines is 1. The van der Waals surface area contributed by atoms with Crippen LogP contribution >= 0.6 is 23.1 Å². The largest absolute Gasteiger partial charge is 0.383 e. The maximum atomic E-state index is 15.2. The predicted octanol–water partition coefficient (Wildman–Crippen LogP) is 4.98. The number of carbonyl (C=O) groups excluding carboxylic acids is 2. The van der Waals surface area contributed by atoms with E-state index in [-0.39, 0.29) is 29.9 Å². The maximum Gasteiger partial charge on any atom is 0.240 e. The molecule has 0 saturated carbocycles. The SMILES string of the molecule is COCCNC(=O)CN1C(=O)CS[C@@H](c2ccccc2F)c2c(-c3cccs3)nn(-c3ccccc3C)c21. The first-order chi connectivity index (χ1) is 18.5. The minimum atomic E-state index is -0.508. The molecule has 1 N–H and O–H groups in total. The number of hydrogen-bond donors (Lipinski definition) is 1. The second kappa shape index (κ2) is 11.5. The van der Waals surface area contributed by atoms with Crippen molar-refractivity contribution in [3.8, 4) is 16.3 Å². The second-order valence-corrected chi connectivity index (χ2v) is 10.8. The van der Waals surface area contributed by atoms with Crippen LogP contribution in [0, 0.1) is 12.7 Å². The smallest absolute Gasteiger partial charge is 0.240 e. The number of para-hydroxylation sites is 1. The predicted molar refractivity (Wildman–Crippen MR) is 150 cm³/mol. The van der Waals surface area contributed by atoms with Crippen LogP contribution in [0.1, 0.15) is 21.9 Å². The van der Waals surface area contributed by atoms with Crippen LogP contribution in [0.3, 0.4) is 0 Å². The Hall–Kier alpha value is -3.47. The number of aryl methyl sites for hydroxylation is 1. The molecule has 196 valence electrons. The molecule has 0 spiro atoms. The van der Waals surface area contributed by atoms with E-state index in [0.29, 0.717) is 35.8 Å². The van der Waals surface area contributed by atoms with E-state index in [4.69, 9.17) is 9.84 Å². The summed E-state index contributed by atoms with van der Waals surface area (Å²) in [6, 6.07) is 18.3. The third-order valence-corrected chi connectivity index (χ3v) is 8.42. The van der Waals surface area contributed by atoms with Gasteiger partial charge in [0.15, 0.2) is 0 Å². The number of nitrogens with zero attached hydrogens (tertiary/aromatic N) is 3. The first-order valence-corrected chi connectivity index (χ1v) is 14.1. The fraction of sp³-hybridized carbons (Fsp3) is 0.250. The van der Waals surface area contributed by atoms with Gasteiger partial charge in [-0.3, -0.25) is 14.5 Å². The summed E-state index contributed by atoms with van der Waals surface area (Å²) in [7, 11) is 1.56. The molecule has 5 rings (SSSR count).